The topological polar surface area (TPSA) is 81.8 Å². The zero-order valence-corrected chi connectivity index (χ0v) is 18.9. The fourth-order valence-electron chi connectivity index (χ4n) is 4.04. The van der Waals surface area contributed by atoms with E-state index >= 15 is 0 Å². The zero-order chi connectivity index (χ0) is 23.9. The predicted molar refractivity (Wildman–Crippen MR) is 126 cm³/mol. The van der Waals surface area contributed by atoms with Crippen molar-refractivity contribution in [3.8, 4) is 0 Å². The summed E-state index contributed by atoms with van der Waals surface area (Å²) in [5.74, 6) is -1.90. The largest absolute Gasteiger partial charge is 0.366 e. The maximum Gasteiger partial charge on any atom is 0.329 e. The van der Waals surface area contributed by atoms with Crippen LogP contribution >= 0.6 is 0 Å². The molecule has 4 amide bonds. The highest BCUT2D eigenvalue weighted by atomic mass is 19.1. The minimum Gasteiger partial charge on any atom is -0.366 e. The van der Waals surface area contributed by atoms with Gasteiger partial charge >= 0.3 is 6.03 Å². The fraction of sp³-hybridized carbons (Fsp3) is 0.240. The first-order chi connectivity index (χ1) is 15.6. The van der Waals surface area contributed by atoms with E-state index in [0.29, 0.717) is 0 Å². The van der Waals surface area contributed by atoms with Crippen molar-refractivity contribution in [2.24, 2.45) is 0 Å². The number of hydrogen-bond donors (Lipinski definition) is 2. The molecule has 2 aromatic rings. The molecule has 1 saturated heterocycles. The number of carbonyl (C=O) groups excluding carboxylic acids is 3. The molecule has 0 aromatic heterocycles. The number of para-hydroxylation sites is 1. The van der Waals surface area contributed by atoms with Crippen LogP contribution in [0.2, 0.25) is 0 Å². The van der Waals surface area contributed by atoms with Crippen LogP contribution in [0, 0.1) is 5.82 Å². The van der Waals surface area contributed by atoms with E-state index in [1.807, 2.05) is 32.2 Å². The number of halogens is 1. The van der Waals surface area contributed by atoms with Gasteiger partial charge in [-0.05, 0) is 62.2 Å². The third-order valence-corrected chi connectivity index (χ3v) is 5.96. The van der Waals surface area contributed by atoms with Crippen molar-refractivity contribution in [1.29, 1.82) is 0 Å². The molecule has 0 unspecified atom stereocenters. The Hall–Kier alpha value is -3.94. The SMILES string of the molecule is CC1=CC(C)(C)N(C)c2ccc(/C=C3/NC(=O)N(CC(=O)Nc4ccccc4F)C3=O)cc21. The van der Waals surface area contributed by atoms with Gasteiger partial charge in [0.05, 0.1) is 11.2 Å². The van der Waals surface area contributed by atoms with Crippen LogP contribution < -0.4 is 15.5 Å². The number of hydrogen-bond acceptors (Lipinski definition) is 4. The van der Waals surface area contributed by atoms with Crippen LogP contribution in [-0.4, -0.2) is 41.9 Å². The number of anilines is 2. The molecule has 4 rings (SSSR count). The number of likely N-dealkylation sites (N-methyl/N-ethyl adjacent to an activating group) is 1. The summed E-state index contributed by atoms with van der Waals surface area (Å²) >= 11 is 0. The number of fused-ring (bicyclic) bond motifs is 1. The Balaban J connectivity index is 1.52. The van der Waals surface area contributed by atoms with Crippen LogP contribution in [0.3, 0.4) is 0 Å². The highest BCUT2D eigenvalue weighted by Gasteiger charge is 2.35. The van der Waals surface area contributed by atoms with E-state index in [1.54, 1.807) is 12.1 Å². The Morgan fingerprint density at radius 3 is 2.64 bits per heavy atom. The zero-order valence-electron chi connectivity index (χ0n) is 18.9. The van der Waals surface area contributed by atoms with Gasteiger partial charge in [0.2, 0.25) is 5.91 Å². The second kappa shape index (κ2) is 8.20. The molecule has 0 spiro atoms. The van der Waals surface area contributed by atoms with Gasteiger partial charge in [-0.1, -0.05) is 24.3 Å². The summed E-state index contributed by atoms with van der Waals surface area (Å²) < 4.78 is 13.7. The van der Waals surface area contributed by atoms with Crippen molar-refractivity contribution in [2.75, 3.05) is 23.8 Å². The first kappa shape index (κ1) is 22.3. The van der Waals surface area contributed by atoms with Gasteiger partial charge in [0.25, 0.3) is 5.91 Å². The molecule has 0 aliphatic carbocycles. The second-order valence-corrected chi connectivity index (χ2v) is 8.72. The van der Waals surface area contributed by atoms with Crippen LogP contribution in [0.4, 0.5) is 20.6 Å². The summed E-state index contributed by atoms with van der Waals surface area (Å²) in [7, 11) is 2.03. The Morgan fingerprint density at radius 2 is 1.91 bits per heavy atom. The standard InChI is InChI=1S/C25H25FN4O3/c1-15-13-25(2,3)29(4)21-10-9-16(11-17(15)21)12-20-23(32)30(24(33)28-20)14-22(31)27-19-8-6-5-7-18(19)26/h5-13H,14H2,1-4H3,(H,27,31)(H,28,33)/b20-12+. The molecule has 1 fully saturated rings. The van der Waals surface area contributed by atoms with Crippen molar-refractivity contribution in [3.05, 3.63) is 71.2 Å². The molecule has 0 atom stereocenters. The van der Waals surface area contributed by atoms with Crippen molar-refractivity contribution >= 4 is 40.9 Å². The Labute approximate surface area is 191 Å². The third kappa shape index (κ3) is 4.24. The number of allylic oxidation sites excluding steroid dienone is 1. The van der Waals surface area contributed by atoms with Gasteiger partial charge in [-0.25, -0.2) is 14.1 Å². The molecule has 0 radical (unpaired) electrons. The number of carbonyl (C=O) groups is 3. The minimum absolute atomic E-state index is 0.0176. The lowest BCUT2D eigenvalue weighted by molar-refractivity contribution is -0.127. The molecule has 8 heteroatoms. The Kier molecular flexibility index (Phi) is 5.53. The van der Waals surface area contributed by atoms with Crippen LogP contribution in [0.5, 0.6) is 0 Å². The minimum atomic E-state index is -0.703. The number of nitrogens with zero attached hydrogens (tertiary/aromatic N) is 2. The molecule has 33 heavy (non-hydrogen) atoms. The van der Waals surface area contributed by atoms with Crippen LogP contribution in [0.25, 0.3) is 11.6 Å². The Morgan fingerprint density at radius 1 is 1.18 bits per heavy atom. The first-order valence-corrected chi connectivity index (χ1v) is 10.5. The maximum atomic E-state index is 13.7. The van der Waals surface area contributed by atoms with Crippen molar-refractivity contribution in [2.45, 2.75) is 26.3 Å². The molecule has 0 bridgehead atoms. The second-order valence-electron chi connectivity index (χ2n) is 8.72. The van der Waals surface area contributed by atoms with Gasteiger partial charge in [-0.3, -0.25) is 9.59 Å². The molecule has 170 valence electrons. The highest BCUT2D eigenvalue weighted by Crippen LogP contribution is 2.38. The van der Waals surface area contributed by atoms with Gasteiger partial charge in [-0.2, -0.15) is 0 Å². The van der Waals surface area contributed by atoms with Gasteiger partial charge in [0.1, 0.15) is 18.1 Å². The van der Waals surface area contributed by atoms with Crippen molar-refractivity contribution in [1.82, 2.24) is 10.2 Å². The summed E-state index contributed by atoms with van der Waals surface area (Å²) in [6.07, 6.45) is 3.77. The highest BCUT2D eigenvalue weighted by molar-refractivity contribution is 6.16. The summed E-state index contributed by atoms with van der Waals surface area (Å²) in [6.45, 7) is 5.79. The van der Waals surface area contributed by atoms with Crippen molar-refractivity contribution < 1.29 is 18.8 Å². The summed E-state index contributed by atoms with van der Waals surface area (Å²) in [4.78, 5) is 40.3. The average molecular weight is 448 g/mol. The normalized spacial score (nSPS) is 18.2. The lowest BCUT2D eigenvalue weighted by atomic mass is 9.88. The number of imide groups is 1. The molecular weight excluding hydrogens is 423 g/mol. The number of nitrogens with one attached hydrogen (secondary N) is 2. The van der Waals surface area contributed by atoms with Gasteiger partial charge in [-0.15, -0.1) is 0 Å². The van der Waals surface area contributed by atoms with Crippen LogP contribution in [0.15, 0.2) is 54.2 Å². The van der Waals surface area contributed by atoms with E-state index in [-0.39, 0.29) is 16.9 Å². The summed E-state index contributed by atoms with van der Waals surface area (Å²) in [5, 5.41) is 4.89. The summed E-state index contributed by atoms with van der Waals surface area (Å²) in [6, 6.07) is 10.8. The van der Waals surface area contributed by atoms with E-state index in [0.717, 1.165) is 27.3 Å². The van der Waals surface area contributed by atoms with Crippen molar-refractivity contribution in [3.63, 3.8) is 0 Å². The molecular formula is C25H25FN4O3. The number of urea groups is 1. The third-order valence-electron chi connectivity index (χ3n) is 5.96. The average Bonchev–Trinajstić information content (AvgIpc) is 3.01. The van der Waals surface area contributed by atoms with Gasteiger partial charge < -0.3 is 15.5 Å². The lowest BCUT2D eigenvalue weighted by Crippen LogP contribution is -2.42. The summed E-state index contributed by atoms with van der Waals surface area (Å²) in [5.41, 5.74) is 3.94. The maximum absolute atomic E-state index is 13.7. The van der Waals surface area contributed by atoms with E-state index in [9.17, 15) is 18.8 Å². The lowest BCUT2D eigenvalue weighted by Gasteiger charge is -2.40. The molecule has 2 aromatic carbocycles. The number of rotatable bonds is 4. The van der Waals surface area contributed by atoms with Gasteiger partial charge in [0, 0.05) is 18.3 Å². The number of amides is 4. The first-order valence-electron chi connectivity index (χ1n) is 10.5. The quantitative estimate of drug-likeness (QED) is 0.548. The van der Waals surface area contributed by atoms with E-state index < -0.39 is 30.2 Å². The molecule has 7 nitrogen and oxygen atoms in total. The Bertz CT molecular complexity index is 1230. The molecule has 2 aliphatic heterocycles. The van der Waals surface area contributed by atoms with E-state index in [4.69, 9.17) is 0 Å². The van der Waals surface area contributed by atoms with Crippen LogP contribution in [0.1, 0.15) is 31.9 Å². The molecule has 0 saturated carbocycles. The molecule has 2 heterocycles. The van der Waals surface area contributed by atoms with Crippen LogP contribution in [-0.2, 0) is 9.59 Å². The monoisotopic (exact) mass is 448 g/mol. The number of benzene rings is 2. The smallest absolute Gasteiger partial charge is 0.329 e. The fourth-order valence-corrected chi connectivity index (χ4v) is 4.04. The van der Waals surface area contributed by atoms with E-state index in [2.05, 4.69) is 35.5 Å². The molecule has 2 N–H and O–H groups in total. The van der Waals surface area contributed by atoms with E-state index in [1.165, 1.54) is 18.2 Å². The predicted octanol–water partition coefficient (Wildman–Crippen LogP) is 3.99. The van der Waals surface area contributed by atoms with Gasteiger partial charge in [0.15, 0.2) is 0 Å². The molecule has 2 aliphatic rings.